The summed E-state index contributed by atoms with van der Waals surface area (Å²) in [6.45, 7) is 0. The minimum atomic E-state index is 0.683. The standard InChI is InChI=1S/C32H24N6/c1-2-20-35(19-1)27-11-7-25(8-12-27)31-33-32(26-9-13-28(14-10-26)36-21-3-4-22-36)38(34-31)30-17-15-29(16-18-30)37-23-5-6-24-37/h1-24H. The van der Waals surface area contributed by atoms with E-state index in [1.165, 1.54) is 0 Å². The van der Waals surface area contributed by atoms with Crippen molar-refractivity contribution in [1.29, 1.82) is 0 Å². The maximum atomic E-state index is 5.02. The summed E-state index contributed by atoms with van der Waals surface area (Å²) in [6, 6.07) is 37.2. The number of benzene rings is 3. The predicted octanol–water partition coefficient (Wildman–Crippen LogP) is 6.97. The van der Waals surface area contributed by atoms with Gasteiger partial charge in [0.2, 0.25) is 0 Å². The quantitative estimate of drug-likeness (QED) is 0.252. The van der Waals surface area contributed by atoms with E-state index in [1.807, 2.05) is 78.3 Å². The maximum absolute atomic E-state index is 5.02. The molecule has 0 atom stereocenters. The van der Waals surface area contributed by atoms with Crippen LogP contribution in [0.1, 0.15) is 0 Å². The van der Waals surface area contributed by atoms with Crippen molar-refractivity contribution >= 4 is 0 Å². The van der Waals surface area contributed by atoms with Crippen LogP contribution in [0.15, 0.2) is 146 Å². The molecule has 3 aromatic carbocycles. The summed E-state index contributed by atoms with van der Waals surface area (Å²) in [7, 11) is 0. The van der Waals surface area contributed by atoms with Crippen molar-refractivity contribution < 1.29 is 0 Å². The first kappa shape index (κ1) is 21.9. The topological polar surface area (TPSA) is 45.5 Å². The third-order valence-electron chi connectivity index (χ3n) is 6.66. The number of aromatic nitrogens is 6. The van der Waals surface area contributed by atoms with E-state index in [0.29, 0.717) is 5.82 Å². The van der Waals surface area contributed by atoms with Crippen molar-refractivity contribution in [3.63, 3.8) is 0 Å². The van der Waals surface area contributed by atoms with Crippen molar-refractivity contribution in [1.82, 2.24) is 28.5 Å². The van der Waals surface area contributed by atoms with Gasteiger partial charge in [0.1, 0.15) is 0 Å². The molecule has 0 saturated carbocycles. The minimum absolute atomic E-state index is 0.683. The van der Waals surface area contributed by atoms with Crippen LogP contribution in [0.25, 0.3) is 45.5 Å². The maximum Gasteiger partial charge on any atom is 0.182 e. The van der Waals surface area contributed by atoms with Gasteiger partial charge in [0.15, 0.2) is 11.6 Å². The zero-order chi connectivity index (χ0) is 25.3. The molecule has 0 amide bonds. The second-order valence-corrected chi connectivity index (χ2v) is 9.05. The second kappa shape index (κ2) is 9.26. The summed E-state index contributed by atoms with van der Waals surface area (Å²) in [5, 5.41) is 4.97. The molecule has 0 aliphatic heterocycles. The molecule has 0 aliphatic rings. The van der Waals surface area contributed by atoms with Gasteiger partial charge in [-0.15, -0.1) is 5.10 Å². The molecule has 0 unspecified atom stereocenters. The Morgan fingerprint density at radius 2 is 0.763 bits per heavy atom. The Balaban J connectivity index is 1.29. The molecule has 6 nitrogen and oxygen atoms in total. The molecule has 0 radical (unpaired) electrons. The van der Waals surface area contributed by atoms with Crippen molar-refractivity contribution in [3.8, 4) is 45.5 Å². The molecule has 0 N–H and O–H groups in total. The van der Waals surface area contributed by atoms with E-state index in [9.17, 15) is 0 Å². The summed E-state index contributed by atoms with van der Waals surface area (Å²) in [5.74, 6) is 1.48. The Labute approximate surface area is 220 Å². The smallest absolute Gasteiger partial charge is 0.182 e. The lowest BCUT2D eigenvalue weighted by Crippen LogP contribution is -2.01. The van der Waals surface area contributed by atoms with E-state index in [2.05, 4.69) is 86.5 Å². The number of nitrogens with zero attached hydrogens (tertiary/aromatic N) is 6. The van der Waals surface area contributed by atoms with Crippen LogP contribution in [-0.2, 0) is 0 Å². The SMILES string of the molecule is c1ccn(-c2ccc(-c3nc(-c4ccc(-n5cccc5)cc4)n(-c4ccc(-n5cccc5)cc4)n3)cc2)c1. The Morgan fingerprint density at radius 1 is 0.395 bits per heavy atom. The lowest BCUT2D eigenvalue weighted by molar-refractivity contribution is 0.889. The van der Waals surface area contributed by atoms with Crippen LogP contribution in [0, 0.1) is 0 Å². The van der Waals surface area contributed by atoms with Crippen molar-refractivity contribution in [2.75, 3.05) is 0 Å². The summed E-state index contributed by atoms with van der Waals surface area (Å²) in [6.07, 6.45) is 12.2. The molecular weight excluding hydrogens is 468 g/mol. The zero-order valence-corrected chi connectivity index (χ0v) is 20.5. The Kier molecular flexibility index (Phi) is 5.33. The molecule has 7 rings (SSSR count). The van der Waals surface area contributed by atoms with Gasteiger partial charge in [-0.25, -0.2) is 9.67 Å². The van der Waals surface area contributed by atoms with Crippen LogP contribution >= 0.6 is 0 Å². The van der Waals surface area contributed by atoms with Gasteiger partial charge in [-0.2, -0.15) is 0 Å². The highest BCUT2D eigenvalue weighted by molar-refractivity contribution is 5.65. The van der Waals surface area contributed by atoms with Crippen LogP contribution in [0.4, 0.5) is 0 Å². The highest BCUT2D eigenvalue weighted by atomic mass is 15.4. The fourth-order valence-electron chi connectivity index (χ4n) is 4.65. The van der Waals surface area contributed by atoms with E-state index in [1.54, 1.807) is 0 Å². The van der Waals surface area contributed by atoms with Gasteiger partial charge in [-0.1, -0.05) is 0 Å². The van der Waals surface area contributed by atoms with E-state index < -0.39 is 0 Å². The van der Waals surface area contributed by atoms with Crippen LogP contribution in [0.5, 0.6) is 0 Å². The Hall–Kier alpha value is -5.36. The van der Waals surface area contributed by atoms with Crippen LogP contribution < -0.4 is 0 Å². The number of hydrogen-bond acceptors (Lipinski definition) is 2. The van der Waals surface area contributed by atoms with Crippen LogP contribution in [0.3, 0.4) is 0 Å². The largest absolute Gasteiger partial charge is 0.324 e. The second-order valence-electron chi connectivity index (χ2n) is 9.05. The summed E-state index contributed by atoms with van der Waals surface area (Å²) >= 11 is 0. The Bertz CT molecular complexity index is 1660. The normalized spacial score (nSPS) is 11.2. The van der Waals surface area contributed by atoms with E-state index in [-0.39, 0.29) is 0 Å². The molecule has 0 bridgehead atoms. The monoisotopic (exact) mass is 492 g/mol. The third kappa shape index (κ3) is 4.04. The molecule has 182 valence electrons. The van der Waals surface area contributed by atoms with Crippen LogP contribution in [0.2, 0.25) is 0 Å². The van der Waals surface area contributed by atoms with Gasteiger partial charge >= 0.3 is 0 Å². The predicted molar refractivity (Wildman–Crippen MR) is 150 cm³/mol. The van der Waals surface area contributed by atoms with Gasteiger partial charge in [0.25, 0.3) is 0 Å². The van der Waals surface area contributed by atoms with E-state index in [4.69, 9.17) is 10.1 Å². The fraction of sp³-hybridized carbons (Fsp3) is 0. The first-order valence-electron chi connectivity index (χ1n) is 12.5. The van der Waals surface area contributed by atoms with E-state index >= 15 is 0 Å². The summed E-state index contributed by atoms with van der Waals surface area (Å²) < 4.78 is 8.19. The average molecular weight is 493 g/mol. The highest BCUT2D eigenvalue weighted by Gasteiger charge is 2.16. The molecule has 7 aromatic rings. The van der Waals surface area contributed by atoms with Crippen molar-refractivity contribution in [2.45, 2.75) is 0 Å². The lowest BCUT2D eigenvalue weighted by Gasteiger charge is -2.09. The van der Waals surface area contributed by atoms with Gasteiger partial charge < -0.3 is 13.7 Å². The summed E-state index contributed by atoms with van der Waals surface area (Å²) in [5.41, 5.74) is 6.21. The average Bonchev–Trinajstić information content (AvgIpc) is 3.80. The molecule has 0 spiro atoms. The van der Waals surface area contributed by atoms with Gasteiger partial charge in [-0.05, 0) is 109 Å². The minimum Gasteiger partial charge on any atom is -0.324 e. The fourth-order valence-corrected chi connectivity index (χ4v) is 4.65. The first-order chi connectivity index (χ1) is 18.8. The third-order valence-corrected chi connectivity index (χ3v) is 6.66. The lowest BCUT2D eigenvalue weighted by atomic mass is 10.1. The molecule has 4 heterocycles. The Morgan fingerprint density at radius 3 is 1.21 bits per heavy atom. The zero-order valence-electron chi connectivity index (χ0n) is 20.5. The first-order valence-corrected chi connectivity index (χ1v) is 12.5. The van der Waals surface area contributed by atoms with Gasteiger partial charge in [-0.3, -0.25) is 0 Å². The van der Waals surface area contributed by atoms with Crippen LogP contribution in [-0.4, -0.2) is 28.5 Å². The molecule has 4 aromatic heterocycles. The molecule has 38 heavy (non-hydrogen) atoms. The molecule has 0 aliphatic carbocycles. The summed E-state index contributed by atoms with van der Waals surface area (Å²) in [4.78, 5) is 5.02. The van der Waals surface area contributed by atoms with Gasteiger partial charge in [0.05, 0.1) is 5.69 Å². The van der Waals surface area contributed by atoms with E-state index in [0.717, 1.165) is 39.7 Å². The van der Waals surface area contributed by atoms with Crippen molar-refractivity contribution in [2.24, 2.45) is 0 Å². The molecule has 6 heteroatoms. The molecule has 0 saturated heterocycles. The number of rotatable bonds is 6. The van der Waals surface area contributed by atoms with Gasteiger partial charge in [0, 0.05) is 65.4 Å². The molecular formula is C32H24N6. The number of hydrogen-bond donors (Lipinski definition) is 0. The molecule has 0 fully saturated rings. The highest BCUT2D eigenvalue weighted by Crippen LogP contribution is 2.27. The van der Waals surface area contributed by atoms with Crippen molar-refractivity contribution in [3.05, 3.63) is 146 Å².